The Bertz CT molecular complexity index is 663. The first kappa shape index (κ1) is 15.6. The van der Waals surface area contributed by atoms with Crippen molar-refractivity contribution in [2.45, 2.75) is 39.7 Å². The number of rotatable bonds is 5. The summed E-state index contributed by atoms with van der Waals surface area (Å²) in [4.78, 5) is 24.5. The van der Waals surface area contributed by atoms with E-state index in [1.165, 1.54) is 16.9 Å². The summed E-state index contributed by atoms with van der Waals surface area (Å²) in [5, 5.41) is 1.09. The summed E-state index contributed by atoms with van der Waals surface area (Å²) >= 11 is 1.45. The van der Waals surface area contributed by atoms with Gasteiger partial charge in [0.15, 0.2) is 0 Å². The first-order valence-electron chi connectivity index (χ1n) is 7.24. The van der Waals surface area contributed by atoms with Crippen molar-refractivity contribution in [1.82, 2.24) is 9.88 Å². The number of carbonyl (C=O) groups excluding carboxylic acids is 1. The molecule has 0 aliphatic carbocycles. The Labute approximate surface area is 129 Å². The normalized spacial score (nSPS) is 13.0. The van der Waals surface area contributed by atoms with Gasteiger partial charge in [-0.25, -0.2) is 4.98 Å². The summed E-state index contributed by atoms with van der Waals surface area (Å²) < 4.78 is 0. The van der Waals surface area contributed by atoms with E-state index < -0.39 is 0 Å². The zero-order valence-corrected chi connectivity index (χ0v) is 13.8. The second kappa shape index (κ2) is 6.80. The number of pyridine rings is 1. The molecule has 4 nitrogen and oxygen atoms in total. The zero-order chi connectivity index (χ0) is 15.4. The molecule has 2 aromatic rings. The Kier molecular flexibility index (Phi) is 5.07. The van der Waals surface area contributed by atoms with Crippen LogP contribution in [0.3, 0.4) is 0 Å². The predicted molar refractivity (Wildman–Crippen MR) is 89.3 cm³/mol. The van der Waals surface area contributed by atoms with Gasteiger partial charge in [0, 0.05) is 24.7 Å². The standard InChI is InChI=1S/C16H21N3OS/c1-5-11(3)19(10-17-4)16(20)14-9-13-12(6-2)7-8-18-15(13)21-14/h7-11H,5-6H2,1-4H3. The molecule has 5 heteroatoms. The van der Waals surface area contributed by atoms with Crippen LogP contribution < -0.4 is 0 Å². The van der Waals surface area contributed by atoms with Gasteiger partial charge < -0.3 is 0 Å². The van der Waals surface area contributed by atoms with Gasteiger partial charge >= 0.3 is 0 Å². The smallest absolute Gasteiger partial charge is 0.269 e. The summed E-state index contributed by atoms with van der Waals surface area (Å²) in [6, 6.07) is 4.11. The Morgan fingerprint density at radius 1 is 1.52 bits per heavy atom. The lowest BCUT2D eigenvalue weighted by atomic mass is 10.1. The van der Waals surface area contributed by atoms with Gasteiger partial charge in [-0.3, -0.25) is 14.7 Å². The Morgan fingerprint density at radius 3 is 2.90 bits per heavy atom. The molecule has 1 atom stereocenters. The number of aromatic nitrogens is 1. The largest absolute Gasteiger partial charge is 0.296 e. The molecular formula is C16H21N3OS. The lowest BCUT2D eigenvalue weighted by Gasteiger charge is -2.23. The molecule has 0 radical (unpaired) electrons. The molecule has 0 aliphatic heterocycles. The average molecular weight is 303 g/mol. The molecule has 0 saturated carbocycles. The minimum absolute atomic E-state index is 0.00000283. The van der Waals surface area contributed by atoms with Crippen molar-refractivity contribution in [1.29, 1.82) is 0 Å². The highest BCUT2D eigenvalue weighted by Crippen LogP contribution is 2.28. The fourth-order valence-electron chi connectivity index (χ4n) is 2.22. The van der Waals surface area contributed by atoms with E-state index in [0.29, 0.717) is 0 Å². The van der Waals surface area contributed by atoms with E-state index >= 15 is 0 Å². The van der Waals surface area contributed by atoms with Crippen molar-refractivity contribution in [3.63, 3.8) is 0 Å². The topological polar surface area (TPSA) is 45.6 Å². The van der Waals surface area contributed by atoms with Crippen molar-refractivity contribution in [3.05, 3.63) is 28.8 Å². The second-order valence-electron chi connectivity index (χ2n) is 5.00. The quantitative estimate of drug-likeness (QED) is 0.623. The molecule has 0 N–H and O–H groups in total. The summed E-state index contributed by atoms with van der Waals surface area (Å²) in [7, 11) is 1.68. The van der Waals surface area contributed by atoms with Crippen LogP contribution in [-0.4, -0.2) is 35.2 Å². The molecule has 0 bridgehead atoms. The molecule has 0 aliphatic rings. The van der Waals surface area contributed by atoms with Crippen LogP contribution in [0.2, 0.25) is 0 Å². The maximum Gasteiger partial charge on any atom is 0.269 e. The fraction of sp³-hybridized carbons (Fsp3) is 0.438. The number of aryl methyl sites for hydroxylation is 1. The molecule has 21 heavy (non-hydrogen) atoms. The van der Waals surface area contributed by atoms with E-state index in [-0.39, 0.29) is 11.9 Å². The van der Waals surface area contributed by atoms with Crippen molar-refractivity contribution in [2.24, 2.45) is 4.99 Å². The lowest BCUT2D eigenvalue weighted by molar-refractivity contribution is 0.0819. The summed E-state index contributed by atoms with van der Waals surface area (Å²) in [6.07, 6.45) is 5.26. The van der Waals surface area contributed by atoms with Crippen LogP contribution >= 0.6 is 11.3 Å². The second-order valence-corrected chi connectivity index (χ2v) is 6.03. The molecule has 0 spiro atoms. The number of amides is 1. The predicted octanol–water partition coefficient (Wildman–Crippen LogP) is 3.76. The summed E-state index contributed by atoms with van der Waals surface area (Å²) in [5.74, 6) is 0.00000283. The monoisotopic (exact) mass is 303 g/mol. The van der Waals surface area contributed by atoms with Gasteiger partial charge in [-0.2, -0.15) is 0 Å². The van der Waals surface area contributed by atoms with Gasteiger partial charge in [-0.15, -0.1) is 11.3 Å². The van der Waals surface area contributed by atoms with Crippen LogP contribution in [0.4, 0.5) is 0 Å². The number of aliphatic imine (C=N–C) groups is 1. The van der Waals surface area contributed by atoms with Gasteiger partial charge in [0.05, 0.1) is 11.2 Å². The van der Waals surface area contributed by atoms with Crippen LogP contribution in [-0.2, 0) is 6.42 Å². The maximum atomic E-state index is 12.7. The molecule has 0 saturated heterocycles. The van der Waals surface area contributed by atoms with E-state index in [1.807, 2.05) is 25.3 Å². The number of hydrogen-bond acceptors (Lipinski definition) is 4. The Hall–Kier alpha value is -1.75. The first-order valence-corrected chi connectivity index (χ1v) is 8.06. The maximum absolute atomic E-state index is 12.7. The van der Waals surface area contributed by atoms with E-state index in [4.69, 9.17) is 0 Å². The van der Waals surface area contributed by atoms with E-state index in [0.717, 1.165) is 27.9 Å². The van der Waals surface area contributed by atoms with Crippen molar-refractivity contribution in [3.8, 4) is 0 Å². The van der Waals surface area contributed by atoms with Gasteiger partial charge in [0.2, 0.25) is 0 Å². The van der Waals surface area contributed by atoms with E-state index in [9.17, 15) is 4.79 Å². The molecular weight excluding hydrogens is 282 g/mol. The van der Waals surface area contributed by atoms with E-state index in [1.54, 1.807) is 18.3 Å². The first-order chi connectivity index (χ1) is 10.1. The summed E-state index contributed by atoms with van der Waals surface area (Å²) in [5.41, 5.74) is 1.23. The molecule has 112 valence electrons. The highest BCUT2D eigenvalue weighted by Gasteiger charge is 2.21. The molecule has 2 rings (SSSR count). The van der Waals surface area contributed by atoms with Gasteiger partial charge in [0.25, 0.3) is 5.91 Å². The molecule has 2 aromatic heterocycles. The SMILES string of the molecule is CCc1ccnc2sc(C(=O)N(C=NC)C(C)CC)cc12. The van der Waals surface area contributed by atoms with Crippen LogP contribution in [0.5, 0.6) is 0 Å². The van der Waals surface area contributed by atoms with Crippen LogP contribution in [0.25, 0.3) is 10.2 Å². The van der Waals surface area contributed by atoms with Crippen LogP contribution in [0, 0.1) is 0 Å². The molecule has 0 fully saturated rings. The van der Waals surface area contributed by atoms with Gasteiger partial charge in [0.1, 0.15) is 4.83 Å². The molecule has 1 unspecified atom stereocenters. The van der Waals surface area contributed by atoms with Gasteiger partial charge in [-0.05, 0) is 37.5 Å². The third-order valence-corrected chi connectivity index (χ3v) is 4.69. The molecule has 0 aromatic carbocycles. The number of nitrogens with zero attached hydrogens (tertiary/aromatic N) is 3. The zero-order valence-electron chi connectivity index (χ0n) is 13.0. The van der Waals surface area contributed by atoms with E-state index in [2.05, 4.69) is 23.8 Å². The third kappa shape index (κ3) is 3.13. The van der Waals surface area contributed by atoms with Crippen molar-refractivity contribution >= 4 is 33.8 Å². The molecule has 2 heterocycles. The minimum atomic E-state index is 0.00000283. The Morgan fingerprint density at radius 2 is 2.29 bits per heavy atom. The third-order valence-electron chi connectivity index (χ3n) is 3.66. The highest BCUT2D eigenvalue weighted by atomic mass is 32.1. The highest BCUT2D eigenvalue weighted by molar-refractivity contribution is 7.20. The van der Waals surface area contributed by atoms with Crippen LogP contribution in [0.15, 0.2) is 23.3 Å². The Balaban J connectivity index is 2.42. The van der Waals surface area contributed by atoms with Crippen LogP contribution in [0.1, 0.15) is 42.4 Å². The lowest BCUT2D eigenvalue weighted by Crippen LogP contribution is -2.36. The minimum Gasteiger partial charge on any atom is -0.296 e. The number of carbonyl (C=O) groups is 1. The number of fused-ring (bicyclic) bond motifs is 1. The number of thiophene rings is 1. The summed E-state index contributed by atoms with van der Waals surface area (Å²) in [6.45, 7) is 6.21. The van der Waals surface area contributed by atoms with Crippen molar-refractivity contribution < 1.29 is 4.79 Å². The van der Waals surface area contributed by atoms with Crippen molar-refractivity contribution in [2.75, 3.05) is 7.05 Å². The fourth-order valence-corrected chi connectivity index (χ4v) is 3.21. The molecule has 1 amide bonds. The van der Waals surface area contributed by atoms with Gasteiger partial charge in [-0.1, -0.05) is 13.8 Å². The number of hydrogen-bond donors (Lipinski definition) is 0. The average Bonchev–Trinajstić information content (AvgIpc) is 2.95.